The fraction of sp³-hybridized carbons (Fsp3) is 0.667. The molecule has 0 unspecified atom stereocenters. The lowest BCUT2D eigenvalue weighted by atomic mass is 10.3. The number of morpholine rings is 1. The minimum atomic E-state index is 0.668. The number of hydrogen-bond donors (Lipinski definition) is 3. The van der Waals surface area contributed by atoms with Gasteiger partial charge in [0.05, 0.1) is 13.2 Å². The van der Waals surface area contributed by atoms with Crippen LogP contribution in [0.2, 0.25) is 0 Å². The number of nitrogens with one attached hydrogen (secondary N) is 2. The molecule has 0 amide bonds. The topological polar surface area (TPSA) is 88.3 Å². The van der Waals surface area contributed by atoms with Crippen molar-refractivity contribution >= 4 is 11.6 Å². The third-order valence-electron chi connectivity index (χ3n) is 3.22. The highest BCUT2D eigenvalue weighted by Gasteiger charge is 2.11. The van der Waals surface area contributed by atoms with Crippen molar-refractivity contribution in [1.82, 2.24) is 14.9 Å². The molecule has 19 heavy (non-hydrogen) atoms. The minimum Gasteiger partial charge on any atom is -0.379 e. The average molecular weight is 266 g/mol. The SMILES string of the molecule is Cc1nc(NN)c(C)c(NCCN2CCOCC2)n1. The molecule has 106 valence electrons. The Balaban J connectivity index is 1.89. The summed E-state index contributed by atoms with van der Waals surface area (Å²) in [6.07, 6.45) is 0. The van der Waals surface area contributed by atoms with Crippen LogP contribution in [-0.2, 0) is 4.74 Å². The predicted molar refractivity (Wildman–Crippen MR) is 75.1 cm³/mol. The Morgan fingerprint density at radius 1 is 1.21 bits per heavy atom. The summed E-state index contributed by atoms with van der Waals surface area (Å²) in [5.41, 5.74) is 3.54. The van der Waals surface area contributed by atoms with E-state index >= 15 is 0 Å². The molecule has 2 heterocycles. The summed E-state index contributed by atoms with van der Waals surface area (Å²) in [6.45, 7) is 9.29. The smallest absolute Gasteiger partial charge is 0.148 e. The molecule has 7 nitrogen and oxygen atoms in total. The van der Waals surface area contributed by atoms with Gasteiger partial charge in [-0.15, -0.1) is 0 Å². The molecule has 0 radical (unpaired) electrons. The van der Waals surface area contributed by atoms with Crippen LogP contribution in [0, 0.1) is 13.8 Å². The van der Waals surface area contributed by atoms with Gasteiger partial charge >= 0.3 is 0 Å². The molecule has 1 aliphatic rings. The summed E-state index contributed by atoms with van der Waals surface area (Å²) in [4.78, 5) is 11.0. The van der Waals surface area contributed by atoms with Crippen molar-refractivity contribution in [3.8, 4) is 0 Å². The minimum absolute atomic E-state index is 0.668. The lowest BCUT2D eigenvalue weighted by Crippen LogP contribution is -2.39. The normalized spacial score (nSPS) is 16.4. The van der Waals surface area contributed by atoms with E-state index in [0.29, 0.717) is 11.6 Å². The summed E-state index contributed by atoms with van der Waals surface area (Å²) >= 11 is 0. The molecule has 1 fully saturated rings. The van der Waals surface area contributed by atoms with Crippen LogP contribution in [-0.4, -0.2) is 54.3 Å². The van der Waals surface area contributed by atoms with E-state index in [1.165, 1.54) is 0 Å². The van der Waals surface area contributed by atoms with Crippen molar-refractivity contribution in [3.05, 3.63) is 11.4 Å². The Bertz CT molecular complexity index is 419. The van der Waals surface area contributed by atoms with Crippen molar-refractivity contribution in [2.24, 2.45) is 5.84 Å². The van der Waals surface area contributed by atoms with Crippen molar-refractivity contribution in [1.29, 1.82) is 0 Å². The first-order valence-corrected chi connectivity index (χ1v) is 6.56. The van der Waals surface area contributed by atoms with Gasteiger partial charge in [-0.1, -0.05) is 0 Å². The number of nitrogens with two attached hydrogens (primary N) is 1. The van der Waals surface area contributed by atoms with E-state index < -0.39 is 0 Å². The second-order valence-corrected chi connectivity index (χ2v) is 4.62. The highest BCUT2D eigenvalue weighted by molar-refractivity contribution is 5.56. The number of nitrogen functional groups attached to an aromatic ring is 1. The number of anilines is 2. The zero-order chi connectivity index (χ0) is 13.7. The number of ether oxygens (including phenoxy) is 1. The fourth-order valence-electron chi connectivity index (χ4n) is 2.10. The number of hydrazine groups is 1. The van der Waals surface area contributed by atoms with Gasteiger partial charge in [-0.2, -0.15) is 0 Å². The van der Waals surface area contributed by atoms with E-state index in [4.69, 9.17) is 10.6 Å². The van der Waals surface area contributed by atoms with E-state index in [0.717, 1.165) is 50.8 Å². The molecule has 0 spiro atoms. The lowest BCUT2D eigenvalue weighted by molar-refractivity contribution is 0.0398. The third kappa shape index (κ3) is 3.76. The molecule has 0 aliphatic carbocycles. The summed E-state index contributed by atoms with van der Waals surface area (Å²) < 4.78 is 5.32. The second kappa shape index (κ2) is 6.65. The molecule has 7 heteroatoms. The van der Waals surface area contributed by atoms with E-state index in [2.05, 4.69) is 25.6 Å². The molecule has 0 atom stereocenters. The summed E-state index contributed by atoms with van der Waals surface area (Å²) in [5.74, 6) is 7.65. The first-order chi connectivity index (χ1) is 9.20. The summed E-state index contributed by atoms with van der Waals surface area (Å²) in [6, 6.07) is 0. The van der Waals surface area contributed by atoms with Crippen LogP contribution < -0.4 is 16.6 Å². The molecule has 2 rings (SSSR count). The van der Waals surface area contributed by atoms with E-state index in [-0.39, 0.29) is 0 Å². The predicted octanol–water partition coefficient (Wildman–Crippen LogP) is 0.123. The summed E-state index contributed by atoms with van der Waals surface area (Å²) in [5, 5.41) is 3.35. The van der Waals surface area contributed by atoms with Gasteiger partial charge in [0.2, 0.25) is 0 Å². The van der Waals surface area contributed by atoms with Gasteiger partial charge in [-0.05, 0) is 13.8 Å². The lowest BCUT2D eigenvalue weighted by Gasteiger charge is -2.26. The molecule has 1 aromatic heterocycles. The Morgan fingerprint density at radius 3 is 2.58 bits per heavy atom. The van der Waals surface area contributed by atoms with Crippen LogP contribution in [0.5, 0.6) is 0 Å². The quantitative estimate of drug-likeness (QED) is 0.515. The highest BCUT2D eigenvalue weighted by Crippen LogP contribution is 2.18. The first kappa shape index (κ1) is 14.0. The second-order valence-electron chi connectivity index (χ2n) is 4.62. The van der Waals surface area contributed by atoms with Crippen LogP contribution in [0.15, 0.2) is 0 Å². The van der Waals surface area contributed by atoms with Crippen molar-refractivity contribution < 1.29 is 4.74 Å². The van der Waals surface area contributed by atoms with Crippen LogP contribution in [0.4, 0.5) is 11.6 Å². The highest BCUT2D eigenvalue weighted by atomic mass is 16.5. The van der Waals surface area contributed by atoms with Crippen LogP contribution in [0.3, 0.4) is 0 Å². The zero-order valence-corrected chi connectivity index (χ0v) is 11.6. The molecule has 0 bridgehead atoms. The Hall–Kier alpha value is -1.44. The molecule has 1 aromatic rings. The van der Waals surface area contributed by atoms with Crippen LogP contribution >= 0.6 is 0 Å². The number of aryl methyl sites for hydroxylation is 1. The maximum atomic E-state index is 5.44. The molecule has 4 N–H and O–H groups in total. The monoisotopic (exact) mass is 266 g/mol. The zero-order valence-electron chi connectivity index (χ0n) is 11.6. The Labute approximate surface area is 113 Å². The number of aromatic nitrogens is 2. The Morgan fingerprint density at radius 2 is 1.89 bits per heavy atom. The fourth-order valence-corrected chi connectivity index (χ4v) is 2.10. The summed E-state index contributed by atoms with van der Waals surface area (Å²) in [7, 11) is 0. The van der Waals surface area contributed by atoms with Gasteiger partial charge in [0.15, 0.2) is 0 Å². The van der Waals surface area contributed by atoms with Crippen molar-refractivity contribution in [3.63, 3.8) is 0 Å². The van der Waals surface area contributed by atoms with Gasteiger partial charge in [0.25, 0.3) is 0 Å². The molecule has 1 saturated heterocycles. The van der Waals surface area contributed by atoms with Gasteiger partial charge < -0.3 is 15.5 Å². The van der Waals surface area contributed by atoms with Crippen molar-refractivity contribution in [2.45, 2.75) is 13.8 Å². The van der Waals surface area contributed by atoms with Gasteiger partial charge in [-0.25, -0.2) is 15.8 Å². The van der Waals surface area contributed by atoms with E-state index in [9.17, 15) is 0 Å². The standard InChI is InChI=1S/C12H22N6O/c1-9-11(15-10(2)16-12(9)17-13)14-3-4-18-5-7-19-8-6-18/h3-8,13H2,1-2H3,(H2,14,15,16,17). The largest absolute Gasteiger partial charge is 0.379 e. The van der Waals surface area contributed by atoms with Crippen LogP contribution in [0.25, 0.3) is 0 Å². The van der Waals surface area contributed by atoms with Gasteiger partial charge in [-0.3, -0.25) is 4.90 Å². The van der Waals surface area contributed by atoms with E-state index in [1.54, 1.807) is 0 Å². The van der Waals surface area contributed by atoms with Crippen molar-refractivity contribution in [2.75, 3.05) is 50.1 Å². The molecule has 0 saturated carbocycles. The number of hydrogen-bond acceptors (Lipinski definition) is 7. The number of rotatable bonds is 5. The maximum Gasteiger partial charge on any atom is 0.148 e. The van der Waals surface area contributed by atoms with Crippen LogP contribution in [0.1, 0.15) is 11.4 Å². The third-order valence-corrected chi connectivity index (χ3v) is 3.22. The molecule has 1 aliphatic heterocycles. The maximum absolute atomic E-state index is 5.44. The van der Waals surface area contributed by atoms with Gasteiger partial charge in [0.1, 0.15) is 17.5 Å². The molecular weight excluding hydrogens is 244 g/mol. The average Bonchev–Trinajstić information content (AvgIpc) is 2.43. The molecular formula is C12H22N6O. The molecule has 0 aromatic carbocycles. The Kier molecular flexibility index (Phi) is 4.89. The van der Waals surface area contributed by atoms with Gasteiger partial charge in [0, 0.05) is 31.7 Å². The number of nitrogens with zero attached hydrogens (tertiary/aromatic N) is 3. The van der Waals surface area contributed by atoms with E-state index in [1.807, 2.05) is 13.8 Å². The first-order valence-electron chi connectivity index (χ1n) is 6.56.